The summed E-state index contributed by atoms with van der Waals surface area (Å²) >= 11 is 0. The number of halogens is 1. The molecule has 206 valence electrons. The standard InChI is InChI=1S/C28H25FN4O7/c1-32(2)22-15-8-11-7-14-13(16-10-33-9-12(29)3-6-18(33)31-16)4-5-17(34)20(14)23(35)19(11)25(37)28(15,40)26(38)21(24(22)36)27(30)39/h3-6,9-11,15,22,34,36-37,40H,7-8H2,1-2H3,(H2,30,39)/t11-,15-,22-,28-/m0/s1. The lowest BCUT2D eigenvalue weighted by Crippen LogP contribution is -2.63. The van der Waals surface area contributed by atoms with Gasteiger partial charge in [-0.25, -0.2) is 9.37 Å². The van der Waals surface area contributed by atoms with Gasteiger partial charge in [-0.1, -0.05) is 0 Å². The molecule has 0 saturated carbocycles. The zero-order chi connectivity index (χ0) is 28.8. The Bertz CT molecular complexity index is 1740. The minimum absolute atomic E-state index is 0.0305. The summed E-state index contributed by atoms with van der Waals surface area (Å²) < 4.78 is 15.3. The number of aromatic nitrogens is 2. The van der Waals surface area contributed by atoms with E-state index in [0.717, 1.165) is 0 Å². The van der Waals surface area contributed by atoms with Crippen LogP contribution in [0.15, 0.2) is 59.3 Å². The average molecular weight is 549 g/mol. The van der Waals surface area contributed by atoms with Crippen LogP contribution in [0.1, 0.15) is 22.3 Å². The van der Waals surface area contributed by atoms with Crippen LogP contribution < -0.4 is 5.73 Å². The highest BCUT2D eigenvalue weighted by molar-refractivity contribution is 6.24. The predicted octanol–water partition coefficient (Wildman–Crippen LogP) is 1.57. The molecule has 0 spiro atoms. The number of primary amides is 1. The third kappa shape index (κ3) is 3.29. The molecule has 6 N–H and O–H groups in total. The predicted molar refractivity (Wildman–Crippen MR) is 138 cm³/mol. The highest BCUT2D eigenvalue weighted by Crippen LogP contribution is 2.53. The van der Waals surface area contributed by atoms with Gasteiger partial charge < -0.3 is 30.6 Å². The lowest BCUT2D eigenvalue weighted by atomic mass is 9.58. The third-order valence-electron chi connectivity index (χ3n) is 8.30. The number of carbonyl (C=O) groups excluding carboxylic acids is 3. The first kappa shape index (κ1) is 25.7. The summed E-state index contributed by atoms with van der Waals surface area (Å²) in [6.07, 6.45) is 2.93. The number of pyridine rings is 1. The molecule has 0 radical (unpaired) electrons. The molecule has 1 aromatic carbocycles. The number of amides is 1. The number of carbonyl (C=O) groups is 3. The van der Waals surface area contributed by atoms with Crippen LogP contribution >= 0.6 is 0 Å². The van der Waals surface area contributed by atoms with E-state index in [4.69, 9.17) is 5.73 Å². The zero-order valence-electron chi connectivity index (χ0n) is 21.4. The summed E-state index contributed by atoms with van der Waals surface area (Å²) in [6, 6.07) is 4.58. The smallest absolute Gasteiger partial charge is 0.255 e. The number of benzene rings is 1. The second-order valence-corrected chi connectivity index (χ2v) is 10.7. The molecule has 1 amide bonds. The van der Waals surface area contributed by atoms with Crippen LogP contribution in [-0.4, -0.2) is 77.9 Å². The molecule has 3 aromatic rings. The van der Waals surface area contributed by atoms with Crippen molar-refractivity contribution in [1.82, 2.24) is 14.3 Å². The number of likely N-dealkylation sites (N-methyl/N-ethyl adjacent to an activating group) is 1. The van der Waals surface area contributed by atoms with Gasteiger partial charge in [0.2, 0.25) is 5.78 Å². The Balaban J connectivity index is 1.54. The van der Waals surface area contributed by atoms with E-state index in [2.05, 4.69) is 4.98 Å². The Morgan fingerprint density at radius 2 is 1.88 bits per heavy atom. The molecular formula is C28H25FN4O7. The monoisotopic (exact) mass is 548 g/mol. The van der Waals surface area contributed by atoms with Gasteiger partial charge in [0, 0.05) is 29.4 Å². The van der Waals surface area contributed by atoms with Crippen molar-refractivity contribution in [3.05, 3.63) is 76.3 Å². The molecule has 40 heavy (non-hydrogen) atoms. The molecule has 4 atom stereocenters. The van der Waals surface area contributed by atoms with Crippen molar-refractivity contribution < 1.29 is 39.2 Å². The highest BCUT2D eigenvalue weighted by atomic mass is 19.1. The molecule has 0 aliphatic heterocycles. The van der Waals surface area contributed by atoms with E-state index >= 15 is 0 Å². The number of rotatable bonds is 3. The van der Waals surface area contributed by atoms with Gasteiger partial charge in [-0.05, 0) is 62.7 Å². The van der Waals surface area contributed by atoms with Gasteiger partial charge in [-0.2, -0.15) is 0 Å². The largest absolute Gasteiger partial charge is 0.510 e. The maximum Gasteiger partial charge on any atom is 0.255 e. The number of nitrogens with two attached hydrogens (primary N) is 1. The molecule has 2 heterocycles. The molecule has 0 unspecified atom stereocenters. The van der Waals surface area contributed by atoms with E-state index in [1.165, 1.54) is 33.7 Å². The fraction of sp³-hybridized carbons (Fsp3) is 0.286. The number of aromatic hydroxyl groups is 1. The fourth-order valence-electron chi connectivity index (χ4n) is 6.59. The van der Waals surface area contributed by atoms with Crippen molar-refractivity contribution in [1.29, 1.82) is 0 Å². The van der Waals surface area contributed by atoms with Crippen molar-refractivity contribution in [2.24, 2.45) is 17.6 Å². The molecule has 12 heteroatoms. The first-order valence-corrected chi connectivity index (χ1v) is 12.5. The quantitative estimate of drug-likeness (QED) is 0.304. The maximum atomic E-state index is 13.9. The number of phenolic OH excluding ortho intramolecular Hbond substituents is 1. The molecule has 3 aliphatic carbocycles. The molecule has 11 nitrogen and oxygen atoms in total. The molecule has 0 bridgehead atoms. The third-order valence-corrected chi connectivity index (χ3v) is 8.30. The summed E-state index contributed by atoms with van der Waals surface area (Å²) in [7, 11) is 3.13. The molecule has 6 rings (SSSR count). The Kier molecular flexibility index (Phi) is 5.45. The number of imidazole rings is 1. The van der Waals surface area contributed by atoms with Crippen LogP contribution in [0, 0.1) is 17.7 Å². The van der Waals surface area contributed by atoms with Crippen molar-refractivity contribution in [3.63, 3.8) is 0 Å². The van der Waals surface area contributed by atoms with Crippen LogP contribution in [0.2, 0.25) is 0 Å². The van der Waals surface area contributed by atoms with Crippen LogP contribution in [0.25, 0.3) is 16.9 Å². The van der Waals surface area contributed by atoms with Crippen molar-refractivity contribution in [2.45, 2.75) is 24.5 Å². The normalized spacial score (nSPS) is 26.3. The van der Waals surface area contributed by atoms with Gasteiger partial charge >= 0.3 is 0 Å². The first-order chi connectivity index (χ1) is 18.9. The summed E-state index contributed by atoms with van der Waals surface area (Å²) in [4.78, 5) is 45.4. The summed E-state index contributed by atoms with van der Waals surface area (Å²) in [5.41, 5.74) is 3.24. The summed E-state index contributed by atoms with van der Waals surface area (Å²) in [6.45, 7) is 0. The Labute approximate surface area is 226 Å². The fourth-order valence-corrected chi connectivity index (χ4v) is 6.59. The number of Topliss-reactive ketones (excluding diaryl/α,β-unsaturated/α-hetero) is 2. The molecule has 0 fully saturated rings. The van der Waals surface area contributed by atoms with Crippen LogP contribution in [0.3, 0.4) is 0 Å². The van der Waals surface area contributed by atoms with Crippen LogP contribution in [0.5, 0.6) is 5.75 Å². The van der Waals surface area contributed by atoms with Crippen LogP contribution in [-0.2, 0) is 16.0 Å². The number of aliphatic hydroxyl groups is 3. The van der Waals surface area contributed by atoms with Gasteiger partial charge in [0.25, 0.3) is 5.91 Å². The lowest BCUT2D eigenvalue weighted by Gasteiger charge is -2.50. The Hall–Kier alpha value is -4.55. The number of aliphatic hydroxyl groups excluding tert-OH is 2. The lowest BCUT2D eigenvalue weighted by molar-refractivity contribution is -0.148. The van der Waals surface area contributed by atoms with Crippen LogP contribution in [0.4, 0.5) is 4.39 Å². The minimum Gasteiger partial charge on any atom is -0.510 e. The van der Waals surface area contributed by atoms with Crippen molar-refractivity contribution in [3.8, 4) is 17.0 Å². The number of hydrogen-bond donors (Lipinski definition) is 5. The SMILES string of the molecule is CN(C)[C@@H]1C(O)=C(C(N)=O)C(=O)[C@@]2(O)C(O)=C3C(=O)c4c(O)ccc(-c5cn6cc(F)ccc6n5)c4C[C@H]3C[C@@H]12. The van der Waals surface area contributed by atoms with E-state index in [1.807, 2.05) is 0 Å². The number of fused-ring (bicyclic) bond motifs is 4. The molecule has 2 aromatic heterocycles. The van der Waals surface area contributed by atoms with Crippen molar-refractivity contribution >= 4 is 23.1 Å². The van der Waals surface area contributed by atoms with Gasteiger partial charge in [0.05, 0.1) is 17.3 Å². The molecular weight excluding hydrogens is 523 g/mol. The van der Waals surface area contributed by atoms with Crippen molar-refractivity contribution in [2.75, 3.05) is 14.1 Å². The minimum atomic E-state index is -2.70. The van der Waals surface area contributed by atoms with E-state index < -0.39 is 63.9 Å². The topological polar surface area (TPSA) is 179 Å². The van der Waals surface area contributed by atoms with Gasteiger partial charge in [-0.3, -0.25) is 19.3 Å². The Morgan fingerprint density at radius 1 is 1.15 bits per heavy atom. The Morgan fingerprint density at radius 3 is 2.55 bits per heavy atom. The first-order valence-electron chi connectivity index (χ1n) is 12.5. The molecule has 3 aliphatic rings. The number of hydrogen-bond acceptors (Lipinski definition) is 9. The zero-order valence-corrected chi connectivity index (χ0v) is 21.4. The second kappa shape index (κ2) is 8.47. The second-order valence-electron chi connectivity index (χ2n) is 10.7. The maximum absolute atomic E-state index is 13.9. The number of nitrogens with zero attached hydrogens (tertiary/aromatic N) is 3. The molecule has 0 saturated heterocycles. The number of phenols is 1. The average Bonchev–Trinajstić information content (AvgIpc) is 3.28. The van der Waals surface area contributed by atoms with E-state index in [0.29, 0.717) is 22.5 Å². The number of ketones is 2. The highest BCUT2D eigenvalue weighted by Gasteiger charge is 2.63. The van der Waals surface area contributed by atoms with Gasteiger partial charge in [-0.15, -0.1) is 0 Å². The van der Waals surface area contributed by atoms with E-state index in [-0.39, 0.29) is 29.7 Å². The van der Waals surface area contributed by atoms with Gasteiger partial charge in [0.1, 0.15) is 34.3 Å². The summed E-state index contributed by atoms with van der Waals surface area (Å²) in [5, 5.41) is 44.7. The summed E-state index contributed by atoms with van der Waals surface area (Å²) in [5.74, 6) is -7.62. The van der Waals surface area contributed by atoms with E-state index in [1.54, 1.807) is 26.4 Å². The van der Waals surface area contributed by atoms with Gasteiger partial charge in [0.15, 0.2) is 11.4 Å². The number of allylic oxidation sites excluding steroid dienone is 1. The van der Waals surface area contributed by atoms with E-state index in [9.17, 15) is 39.2 Å².